The molecular formula is C12H13N3O2S2. The molecule has 0 aliphatic rings. The van der Waals surface area contributed by atoms with E-state index in [1.807, 2.05) is 37.3 Å². The van der Waals surface area contributed by atoms with Crippen LogP contribution >= 0.6 is 23.6 Å². The number of rotatable bonds is 4. The molecule has 0 aliphatic carbocycles. The number of aromatic nitrogens is 2. The predicted octanol–water partition coefficient (Wildman–Crippen LogP) is 3.36. The Hall–Kier alpha value is -1.73. The fourth-order valence-electron chi connectivity index (χ4n) is 1.48. The number of carbonyl (C=O) groups is 1. The molecule has 0 bridgehead atoms. The van der Waals surface area contributed by atoms with E-state index in [9.17, 15) is 4.79 Å². The van der Waals surface area contributed by atoms with Crippen molar-refractivity contribution in [3.63, 3.8) is 0 Å². The minimum absolute atomic E-state index is 0.242. The molecule has 1 heterocycles. The summed E-state index contributed by atoms with van der Waals surface area (Å²) in [5.74, 6) is 0. The highest BCUT2D eigenvalue weighted by Crippen LogP contribution is 2.18. The number of nitrogens with zero attached hydrogens (tertiary/aromatic N) is 2. The number of ether oxygens (including phenoxy) is 1. The van der Waals surface area contributed by atoms with E-state index in [1.54, 1.807) is 0 Å². The summed E-state index contributed by atoms with van der Waals surface area (Å²) in [5.41, 5.74) is 0.946. The number of nitrogens with one attached hydrogen (secondary N) is 1. The van der Waals surface area contributed by atoms with Gasteiger partial charge in [0.15, 0.2) is 3.95 Å². The van der Waals surface area contributed by atoms with Crippen molar-refractivity contribution in [1.29, 1.82) is 0 Å². The normalized spacial score (nSPS) is 10.2. The van der Waals surface area contributed by atoms with E-state index in [4.69, 9.17) is 17.0 Å². The van der Waals surface area contributed by atoms with Gasteiger partial charge in [-0.1, -0.05) is 41.7 Å². The van der Waals surface area contributed by atoms with Crippen LogP contribution in [0.5, 0.6) is 0 Å². The molecular weight excluding hydrogens is 282 g/mol. The van der Waals surface area contributed by atoms with Crippen LogP contribution in [0.15, 0.2) is 30.3 Å². The van der Waals surface area contributed by atoms with Crippen molar-refractivity contribution < 1.29 is 9.53 Å². The van der Waals surface area contributed by atoms with Crippen LogP contribution in [0.1, 0.15) is 12.5 Å². The van der Waals surface area contributed by atoms with Crippen molar-refractivity contribution in [2.24, 2.45) is 0 Å². The summed E-state index contributed by atoms with van der Waals surface area (Å²) in [6.07, 6.45) is -0.427. The molecule has 100 valence electrons. The Morgan fingerprint density at radius 3 is 2.79 bits per heavy atom. The first-order chi connectivity index (χ1) is 9.20. The summed E-state index contributed by atoms with van der Waals surface area (Å²) in [7, 11) is 0. The average molecular weight is 295 g/mol. The second-order valence-electron chi connectivity index (χ2n) is 3.68. The van der Waals surface area contributed by atoms with Crippen molar-refractivity contribution in [2.45, 2.75) is 13.5 Å². The number of carbonyl (C=O) groups excluding carboxylic acids is 1. The van der Waals surface area contributed by atoms with Crippen LogP contribution in [-0.4, -0.2) is 22.8 Å². The second kappa shape index (κ2) is 6.44. The van der Waals surface area contributed by atoms with Crippen LogP contribution in [0.2, 0.25) is 0 Å². The second-order valence-corrected chi connectivity index (χ2v) is 5.32. The van der Waals surface area contributed by atoms with Crippen LogP contribution in [-0.2, 0) is 11.3 Å². The van der Waals surface area contributed by atoms with Gasteiger partial charge in [-0.25, -0.2) is 4.79 Å². The molecule has 0 aliphatic heterocycles. The van der Waals surface area contributed by atoms with Crippen LogP contribution in [0, 0.1) is 3.95 Å². The lowest BCUT2D eigenvalue weighted by Crippen LogP contribution is -2.31. The highest BCUT2D eigenvalue weighted by atomic mass is 32.1. The standard InChI is InChI=1S/C12H13N3O2S2/c1-2-15(10-13-14-11(18)19-10)12(16)17-8-9-6-4-3-5-7-9/h3-7H,2,8H2,1H3,(H,14,18). The quantitative estimate of drug-likeness (QED) is 0.879. The lowest BCUT2D eigenvalue weighted by Gasteiger charge is -2.16. The minimum atomic E-state index is -0.427. The van der Waals surface area contributed by atoms with E-state index in [0.29, 0.717) is 15.6 Å². The molecule has 0 radical (unpaired) electrons. The zero-order chi connectivity index (χ0) is 13.7. The third-order valence-corrected chi connectivity index (χ3v) is 3.51. The van der Waals surface area contributed by atoms with E-state index in [2.05, 4.69) is 10.2 Å². The Bertz CT molecular complexity index is 594. The van der Waals surface area contributed by atoms with Gasteiger partial charge in [0.05, 0.1) is 0 Å². The highest BCUT2D eigenvalue weighted by molar-refractivity contribution is 7.73. The maximum absolute atomic E-state index is 12.0. The molecule has 1 aromatic carbocycles. The maximum atomic E-state index is 12.0. The predicted molar refractivity (Wildman–Crippen MR) is 76.9 cm³/mol. The Morgan fingerprint density at radius 1 is 1.47 bits per heavy atom. The number of amides is 1. The van der Waals surface area contributed by atoms with Crippen molar-refractivity contribution in [2.75, 3.05) is 11.4 Å². The summed E-state index contributed by atoms with van der Waals surface area (Å²) in [6.45, 7) is 2.57. The van der Waals surface area contributed by atoms with Gasteiger partial charge in [-0.3, -0.25) is 10.00 Å². The van der Waals surface area contributed by atoms with Gasteiger partial charge >= 0.3 is 6.09 Å². The van der Waals surface area contributed by atoms with E-state index < -0.39 is 6.09 Å². The van der Waals surface area contributed by atoms with Crippen molar-refractivity contribution in [1.82, 2.24) is 10.2 Å². The number of hydrogen-bond donors (Lipinski definition) is 1. The van der Waals surface area contributed by atoms with E-state index in [-0.39, 0.29) is 6.61 Å². The van der Waals surface area contributed by atoms with Crippen LogP contribution < -0.4 is 4.90 Å². The highest BCUT2D eigenvalue weighted by Gasteiger charge is 2.18. The SMILES string of the molecule is CCN(C(=O)OCc1ccccc1)c1n[nH]c(=S)s1. The van der Waals surface area contributed by atoms with Gasteiger partial charge in [-0.2, -0.15) is 0 Å². The number of benzene rings is 1. The van der Waals surface area contributed by atoms with Crippen molar-refractivity contribution in [3.8, 4) is 0 Å². The molecule has 1 amide bonds. The topological polar surface area (TPSA) is 58.2 Å². The molecule has 7 heteroatoms. The molecule has 1 aromatic heterocycles. The average Bonchev–Trinajstić information content (AvgIpc) is 2.85. The first kappa shape index (κ1) is 13.7. The zero-order valence-corrected chi connectivity index (χ0v) is 12.0. The number of anilines is 1. The third-order valence-electron chi connectivity index (χ3n) is 2.40. The van der Waals surface area contributed by atoms with Crippen LogP contribution in [0.25, 0.3) is 0 Å². The summed E-state index contributed by atoms with van der Waals surface area (Å²) in [4.78, 5) is 13.4. The molecule has 1 N–H and O–H groups in total. The fraction of sp³-hybridized carbons (Fsp3) is 0.250. The molecule has 0 saturated heterocycles. The Balaban J connectivity index is 2.00. The molecule has 0 unspecified atom stereocenters. The summed E-state index contributed by atoms with van der Waals surface area (Å²) in [5, 5.41) is 7.14. The molecule has 2 aromatic rings. The van der Waals surface area contributed by atoms with Gasteiger partial charge in [-0.05, 0) is 24.7 Å². The first-order valence-electron chi connectivity index (χ1n) is 5.74. The minimum Gasteiger partial charge on any atom is -0.444 e. The molecule has 0 fully saturated rings. The Labute approximate surface area is 119 Å². The van der Waals surface area contributed by atoms with Crippen LogP contribution in [0.4, 0.5) is 9.93 Å². The van der Waals surface area contributed by atoms with Crippen molar-refractivity contribution >= 4 is 34.8 Å². The largest absolute Gasteiger partial charge is 0.444 e. The molecule has 19 heavy (non-hydrogen) atoms. The van der Waals surface area contributed by atoms with Crippen LogP contribution in [0.3, 0.4) is 0 Å². The third kappa shape index (κ3) is 3.62. The molecule has 5 nitrogen and oxygen atoms in total. The monoisotopic (exact) mass is 295 g/mol. The number of H-pyrrole nitrogens is 1. The molecule has 0 saturated carbocycles. The van der Waals surface area contributed by atoms with E-state index >= 15 is 0 Å². The smallest absolute Gasteiger partial charge is 0.416 e. The van der Waals surface area contributed by atoms with E-state index in [0.717, 1.165) is 5.56 Å². The van der Waals surface area contributed by atoms with Crippen molar-refractivity contribution in [3.05, 3.63) is 39.8 Å². The fourth-order valence-corrected chi connectivity index (χ4v) is 2.41. The van der Waals surface area contributed by atoms with Gasteiger partial charge in [0, 0.05) is 6.54 Å². The zero-order valence-electron chi connectivity index (χ0n) is 10.3. The van der Waals surface area contributed by atoms with Gasteiger partial charge in [0.25, 0.3) is 0 Å². The Kier molecular flexibility index (Phi) is 4.64. The lowest BCUT2D eigenvalue weighted by molar-refractivity contribution is 0.147. The van der Waals surface area contributed by atoms with Gasteiger partial charge in [-0.15, -0.1) is 5.10 Å². The number of aromatic amines is 1. The summed E-state index contributed by atoms with van der Waals surface area (Å²) in [6, 6.07) is 9.53. The summed E-state index contributed by atoms with van der Waals surface area (Å²) < 4.78 is 5.78. The molecule has 0 spiro atoms. The van der Waals surface area contributed by atoms with Gasteiger partial charge in [0.2, 0.25) is 5.13 Å². The first-order valence-corrected chi connectivity index (χ1v) is 6.97. The summed E-state index contributed by atoms with van der Waals surface area (Å²) >= 11 is 6.19. The Morgan fingerprint density at radius 2 is 2.21 bits per heavy atom. The van der Waals surface area contributed by atoms with Gasteiger partial charge in [0.1, 0.15) is 6.61 Å². The molecule has 0 atom stereocenters. The number of hydrogen-bond acceptors (Lipinski definition) is 5. The molecule has 2 rings (SSSR count). The van der Waals surface area contributed by atoms with Gasteiger partial charge < -0.3 is 4.74 Å². The maximum Gasteiger partial charge on any atom is 0.416 e. The van der Waals surface area contributed by atoms with E-state index in [1.165, 1.54) is 16.2 Å². The lowest BCUT2D eigenvalue weighted by atomic mass is 10.2.